The Balaban J connectivity index is 2.04. The number of methoxy groups -OCH3 is 1. The summed E-state index contributed by atoms with van der Waals surface area (Å²) in [6.45, 7) is 0.749. The van der Waals surface area contributed by atoms with E-state index in [0.717, 1.165) is 23.7 Å². The van der Waals surface area contributed by atoms with Gasteiger partial charge in [-0.15, -0.1) is 0 Å². The maximum Gasteiger partial charge on any atom is 0.123 e. The van der Waals surface area contributed by atoms with Gasteiger partial charge >= 0.3 is 0 Å². The Morgan fingerprint density at radius 1 is 1.44 bits per heavy atom. The molecule has 1 aromatic rings. The van der Waals surface area contributed by atoms with E-state index in [4.69, 9.17) is 10.1 Å². The van der Waals surface area contributed by atoms with Crippen LogP contribution in [0.1, 0.15) is 18.4 Å². The van der Waals surface area contributed by atoms with Crippen LogP contribution < -0.4 is 4.74 Å². The Labute approximate surface area is 96.5 Å². The molecular formula is C13H18N2O. The van der Waals surface area contributed by atoms with Gasteiger partial charge in [-0.25, -0.2) is 0 Å². The Bertz CT molecular complexity index is 385. The predicted molar refractivity (Wildman–Crippen MR) is 64.9 cm³/mol. The molecule has 16 heavy (non-hydrogen) atoms. The summed E-state index contributed by atoms with van der Waals surface area (Å²) in [5, 5.41) is 7.97. The summed E-state index contributed by atoms with van der Waals surface area (Å²) in [5.41, 5.74) is 1.14. The van der Waals surface area contributed by atoms with E-state index < -0.39 is 0 Å². The zero-order chi connectivity index (χ0) is 11.5. The zero-order valence-electron chi connectivity index (χ0n) is 9.86. The lowest BCUT2D eigenvalue weighted by Crippen LogP contribution is -2.27. The molecule has 0 aliphatic heterocycles. The van der Waals surface area contributed by atoms with Crippen LogP contribution in [0, 0.1) is 11.3 Å². The molecule has 1 fully saturated rings. The van der Waals surface area contributed by atoms with Crippen LogP contribution in [0.3, 0.4) is 0 Å². The fraction of sp³-hybridized carbons (Fsp3) is 0.462. The second-order valence-corrected chi connectivity index (χ2v) is 4.33. The Kier molecular flexibility index (Phi) is 3.13. The second-order valence-electron chi connectivity index (χ2n) is 4.33. The quantitative estimate of drug-likeness (QED) is 0.622. The fourth-order valence-electron chi connectivity index (χ4n) is 1.84. The van der Waals surface area contributed by atoms with Gasteiger partial charge in [0.15, 0.2) is 0 Å². The molecule has 0 heterocycles. The van der Waals surface area contributed by atoms with E-state index in [-0.39, 0.29) is 0 Å². The first-order valence-electron chi connectivity index (χ1n) is 5.64. The van der Waals surface area contributed by atoms with Crippen LogP contribution in [0.15, 0.2) is 24.3 Å². The van der Waals surface area contributed by atoms with Crippen molar-refractivity contribution in [3.63, 3.8) is 0 Å². The standard InChI is InChI=1S/C13H18N2O/c1-15(13(14)10-7-8-10)9-11-5-3-4-6-12(11)16-2/h3-6,10,14H,7-9H2,1-2H3. The molecule has 2 rings (SSSR count). The number of rotatable bonds is 4. The summed E-state index contributed by atoms with van der Waals surface area (Å²) in [6, 6.07) is 7.99. The van der Waals surface area contributed by atoms with E-state index >= 15 is 0 Å². The first kappa shape index (κ1) is 11.0. The van der Waals surface area contributed by atoms with Crippen LogP contribution >= 0.6 is 0 Å². The molecule has 0 radical (unpaired) electrons. The highest BCUT2D eigenvalue weighted by Gasteiger charge is 2.28. The van der Waals surface area contributed by atoms with Crippen LogP contribution in [0.4, 0.5) is 0 Å². The zero-order valence-corrected chi connectivity index (χ0v) is 9.86. The van der Waals surface area contributed by atoms with Gasteiger partial charge in [0.2, 0.25) is 0 Å². The predicted octanol–water partition coefficient (Wildman–Crippen LogP) is 2.51. The van der Waals surface area contributed by atoms with E-state index in [1.807, 2.05) is 30.1 Å². The number of para-hydroxylation sites is 1. The lowest BCUT2D eigenvalue weighted by atomic mass is 10.2. The van der Waals surface area contributed by atoms with Gasteiger partial charge in [-0.2, -0.15) is 0 Å². The SMILES string of the molecule is COc1ccccc1CN(C)C(=N)C1CC1. The topological polar surface area (TPSA) is 36.3 Å². The molecule has 0 atom stereocenters. The van der Waals surface area contributed by atoms with Gasteiger partial charge in [0.25, 0.3) is 0 Å². The van der Waals surface area contributed by atoms with E-state index in [1.165, 1.54) is 12.8 Å². The molecule has 1 N–H and O–H groups in total. The van der Waals surface area contributed by atoms with Gasteiger partial charge in [-0.05, 0) is 18.9 Å². The average molecular weight is 218 g/mol. The summed E-state index contributed by atoms with van der Waals surface area (Å²) >= 11 is 0. The summed E-state index contributed by atoms with van der Waals surface area (Å²) in [6.07, 6.45) is 2.35. The third kappa shape index (κ3) is 2.35. The van der Waals surface area contributed by atoms with Crippen molar-refractivity contribution < 1.29 is 4.74 Å². The van der Waals surface area contributed by atoms with Crippen molar-refractivity contribution in [1.82, 2.24) is 4.90 Å². The van der Waals surface area contributed by atoms with Crippen molar-refractivity contribution >= 4 is 5.84 Å². The number of amidine groups is 1. The van der Waals surface area contributed by atoms with Gasteiger partial charge in [0.1, 0.15) is 5.75 Å². The van der Waals surface area contributed by atoms with Crippen molar-refractivity contribution in [3.8, 4) is 5.75 Å². The first-order chi connectivity index (χ1) is 7.72. The molecular weight excluding hydrogens is 200 g/mol. The highest BCUT2D eigenvalue weighted by atomic mass is 16.5. The molecule has 0 saturated heterocycles. The largest absolute Gasteiger partial charge is 0.496 e. The van der Waals surface area contributed by atoms with Crippen molar-refractivity contribution in [2.45, 2.75) is 19.4 Å². The van der Waals surface area contributed by atoms with Crippen LogP contribution in [0.25, 0.3) is 0 Å². The molecule has 1 saturated carbocycles. The molecule has 0 amide bonds. The third-order valence-corrected chi connectivity index (χ3v) is 2.98. The Morgan fingerprint density at radius 2 is 2.12 bits per heavy atom. The molecule has 0 aromatic heterocycles. The van der Waals surface area contributed by atoms with Gasteiger partial charge < -0.3 is 9.64 Å². The molecule has 1 aliphatic rings. The number of nitrogens with zero attached hydrogens (tertiary/aromatic N) is 1. The maximum atomic E-state index is 7.97. The van der Waals surface area contributed by atoms with Crippen molar-refractivity contribution in [2.24, 2.45) is 5.92 Å². The molecule has 86 valence electrons. The van der Waals surface area contributed by atoms with Gasteiger partial charge in [-0.1, -0.05) is 18.2 Å². The second kappa shape index (κ2) is 4.56. The first-order valence-corrected chi connectivity index (χ1v) is 5.64. The lowest BCUT2D eigenvalue weighted by Gasteiger charge is -2.21. The van der Waals surface area contributed by atoms with Crippen LogP contribution in [0.2, 0.25) is 0 Å². The molecule has 3 heteroatoms. The third-order valence-electron chi connectivity index (χ3n) is 2.98. The van der Waals surface area contributed by atoms with Crippen LogP contribution in [-0.2, 0) is 6.54 Å². The minimum absolute atomic E-state index is 0.500. The molecule has 1 aliphatic carbocycles. The Hall–Kier alpha value is -1.51. The number of ether oxygens (including phenoxy) is 1. The number of hydrogen-bond donors (Lipinski definition) is 1. The fourth-order valence-corrected chi connectivity index (χ4v) is 1.84. The lowest BCUT2D eigenvalue weighted by molar-refractivity contribution is 0.396. The van der Waals surface area contributed by atoms with E-state index in [0.29, 0.717) is 5.92 Å². The van der Waals surface area contributed by atoms with E-state index in [2.05, 4.69) is 6.07 Å². The number of benzene rings is 1. The molecule has 1 aromatic carbocycles. The minimum atomic E-state index is 0.500. The maximum absolute atomic E-state index is 7.97. The van der Waals surface area contributed by atoms with Gasteiger partial charge in [-0.3, -0.25) is 5.41 Å². The highest BCUT2D eigenvalue weighted by Crippen LogP contribution is 2.31. The summed E-state index contributed by atoms with van der Waals surface area (Å²) in [4.78, 5) is 2.01. The van der Waals surface area contributed by atoms with E-state index in [9.17, 15) is 0 Å². The molecule has 0 spiro atoms. The van der Waals surface area contributed by atoms with Crippen molar-refractivity contribution in [3.05, 3.63) is 29.8 Å². The average Bonchev–Trinajstić information content (AvgIpc) is 3.12. The van der Waals surface area contributed by atoms with Crippen LogP contribution in [0.5, 0.6) is 5.75 Å². The summed E-state index contributed by atoms with van der Waals surface area (Å²) in [5.74, 6) is 2.16. The van der Waals surface area contributed by atoms with Gasteiger partial charge in [0.05, 0.1) is 12.9 Å². The molecule has 0 bridgehead atoms. The number of nitrogens with one attached hydrogen (secondary N) is 1. The van der Waals surface area contributed by atoms with Crippen LogP contribution in [-0.4, -0.2) is 24.9 Å². The van der Waals surface area contributed by atoms with E-state index in [1.54, 1.807) is 7.11 Å². The number of hydrogen-bond acceptors (Lipinski definition) is 2. The molecule has 3 nitrogen and oxygen atoms in total. The normalized spacial score (nSPS) is 14.6. The minimum Gasteiger partial charge on any atom is -0.496 e. The monoisotopic (exact) mass is 218 g/mol. The Morgan fingerprint density at radius 3 is 2.75 bits per heavy atom. The van der Waals surface area contributed by atoms with Gasteiger partial charge in [0, 0.05) is 25.1 Å². The smallest absolute Gasteiger partial charge is 0.123 e. The molecule has 0 unspecified atom stereocenters. The highest BCUT2D eigenvalue weighted by molar-refractivity contribution is 5.83. The van der Waals surface area contributed by atoms with Crippen molar-refractivity contribution in [2.75, 3.05) is 14.2 Å². The summed E-state index contributed by atoms with van der Waals surface area (Å²) < 4.78 is 5.30. The van der Waals surface area contributed by atoms with Crippen molar-refractivity contribution in [1.29, 1.82) is 5.41 Å². The summed E-state index contributed by atoms with van der Waals surface area (Å²) in [7, 11) is 3.66.